The second-order valence-corrected chi connectivity index (χ2v) is 6.06. The Hall–Kier alpha value is -0.960. The lowest BCUT2D eigenvalue weighted by molar-refractivity contribution is -0.212. The number of halogens is 5. The molecule has 0 N–H and O–H groups in total. The maximum Gasteiger partial charge on any atom is 0.401 e. The summed E-state index contributed by atoms with van der Waals surface area (Å²) in [4.78, 5) is 11.4. The maximum absolute atomic E-state index is 13.4. The van der Waals surface area contributed by atoms with Gasteiger partial charge in [0.1, 0.15) is 5.92 Å². The molecular formula is C15H23F5O4. The van der Waals surface area contributed by atoms with Crippen LogP contribution in [0.1, 0.15) is 33.1 Å². The van der Waals surface area contributed by atoms with E-state index in [1.807, 2.05) is 0 Å². The van der Waals surface area contributed by atoms with Crippen LogP contribution in [0.25, 0.3) is 0 Å². The topological polar surface area (TPSA) is 44.8 Å². The molecule has 0 spiro atoms. The van der Waals surface area contributed by atoms with Crippen LogP contribution in [0.4, 0.5) is 22.0 Å². The van der Waals surface area contributed by atoms with Crippen molar-refractivity contribution < 1.29 is 41.0 Å². The standard InChI is InChI=1S/C15H23F5O4/c1-10(15(18,19)20)13(21)24-12(14(2,16)17)9-23-8-5-11-3-6-22-7-4-11/h10-12H,3-9H2,1-2H3. The summed E-state index contributed by atoms with van der Waals surface area (Å²) in [6.07, 6.45) is -4.54. The van der Waals surface area contributed by atoms with Gasteiger partial charge in [-0.1, -0.05) is 0 Å². The molecule has 0 aliphatic carbocycles. The number of rotatable bonds is 8. The third-order valence-corrected chi connectivity index (χ3v) is 3.95. The summed E-state index contributed by atoms with van der Waals surface area (Å²) in [6.45, 7) is 1.86. The molecule has 2 atom stereocenters. The van der Waals surface area contributed by atoms with Gasteiger partial charge in [0.25, 0.3) is 5.92 Å². The van der Waals surface area contributed by atoms with Crippen molar-refractivity contribution in [3.8, 4) is 0 Å². The Balaban J connectivity index is 2.43. The number of esters is 1. The largest absolute Gasteiger partial charge is 0.453 e. The molecule has 1 heterocycles. The molecule has 2 unspecified atom stereocenters. The Labute approximate surface area is 137 Å². The molecule has 24 heavy (non-hydrogen) atoms. The normalized spacial score (nSPS) is 19.8. The van der Waals surface area contributed by atoms with Crippen molar-refractivity contribution in [3.05, 3.63) is 0 Å². The first-order valence-corrected chi connectivity index (χ1v) is 7.82. The lowest BCUT2D eigenvalue weighted by atomic mass is 9.97. The van der Waals surface area contributed by atoms with Crippen molar-refractivity contribution >= 4 is 5.97 Å². The van der Waals surface area contributed by atoms with Crippen LogP contribution in [0.15, 0.2) is 0 Å². The van der Waals surface area contributed by atoms with E-state index in [1.54, 1.807) is 0 Å². The van der Waals surface area contributed by atoms with Gasteiger partial charge in [0.2, 0.25) is 0 Å². The molecule has 1 saturated heterocycles. The Kier molecular flexibility index (Phi) is 7.85. The molecule has 1 aliphatic rings. The number of hydrogen-bond donors (Lipinski definition) is 0. The smallest absolute Gasteiger partial charge is 0.401 e. The van der Waals surface area contributed by atoms with Crippen molar-refractivity contribution in [2.45, 2.75) is 51.3 Å². The van der Waals surface area contributed by atoms with E-state index in [0.717, 1.165) is 12.8 Å². The fraction of sp³-hybridized carbons (Fsp3) is 0.933. The molecule has 9 heteroatoms. The number of carbonyl (C=O) groups is 1. The highest BCUT2D eigenvalue weighted by molar-refractivity contribution is 5.73. The summed E-state index contributed by atoms with van der Waals surface area (Å²) in [5.41, 5.74) is 0. The van der Waals surface area contributed by atoms with Gasteiger partial charge in [0, 0.05) is 26.7 Å². The highest BCUT2D eigenvalue weighted by Gasteiger charge is 2.45. The van der Waals surface area contributed by atoms with Crippen LogP contribution < -0.4 is 0 Å². The Bertz CT molecular complexity index is 388. The third-order valence-electron chi connectivity index (χ3n) is 3.95. The summed E-state index contributed by atoms with van der Waals surface area (Å²) < 4.78 is 78.8. The van der Waals surface area contributed by atoms with Crippen LogP contribution in [0.5, 0.6) is 0 Å². The van der Waals surface area contributed by atoms with Crippen molar-refractivity contribution in [3.63, 3.8) is 0 Å². The molecule has 0 aromatic carbocycles. The first-order chi connectivity index (χ1) is 11.0. The van der Waals surface area contributed by atoms with E-state index in [2.05, 4.69) is 4.74 Å². The molecule has 1 fully saturated rings. The average Bonchev–Trinajstić information content (AvgIpc) is 2.48. The van der Waals surface area contributed by atoms with Gasteiger partial charge in [0.15, 0.2) is 6.10 Å². The molecule has 0 saturated carbocycles. The average molecular weight is 362 g/mol. The second kappa shape index (κ2) is 8.94. The van der Waals surface area contributed by atoms with E-state index in [1.165, 1.54) is 0 Å². The van der Waals surface area contributed by atoms with Crippen LogP contribution in [-0.2, 0) is 19.0 Å². The quantitative estimate of drug-likeness (QED) is 0.376. The van der Waals surface area contributed by atoms with Gasteiger partial charge in [-0.15, -0.1) is 0 Å². The predicted molar refractivity (Wildman–Crippen MR) is 74.7 cm³/mol. The zero-order valence-electron chi connectivity index (χ0n) is 13.7. The van der Waals surface area contributed by atoms with Crippen LogP contribution >= 0.6 is 0 Å². The third kappa shape index (κ3) is 7.29. The SMILES string of the molecule is CC(C(=O)OC(COCCC1CCOCC1)C(C)(F)F)C(F)(F)F. The monoisotopic (exact) mass is 362 g/mol. The molecule has 0 aromatic heterocycles. The lowest BCUT2D eigenvalue weighted by Crippen LogP contribution is -2.42. The molecule has 142 valence electrons. The van der Waals surface area contributed by atoms with Gasteiger partial charge < -0.3 is 14.2 Å². The molecule has 1 rings (SSSR count). The predicted octanol–water partition coefficient (Wildman–Crippen LogP) is 3.59. The van der Waals surface area contributed by atoms with Gasteiger partial charge in [-0.3, -0.25) is 4.79 Å². The van der Waals surface area contributed by atoms with E-state index in [-0.39, 0.29) is 6.61 Å². The van der Waals surface area contributed by atoms with Crippen LogP contribution in [0.2, 0.25) is 0 Å². The molecule has 0 aromatic rings. The van der Waals surface area contributed by atoms with Crippen molar-refractivity contribution in [1.82, 2.24) is 0 Å². The first-order valence-electron chi connectivity index (χ1n) is 7.82. The zero-order valence-corrected chi connectivity index (χ0v) is 13.7. The van der Waals surface area contributed by atoms with Gasteiger partial charge in [-0.2, -0.15) is 13.2 Å². The minimum absolute atomic E-state index is 0.170. The van der Waals surface area contributed by atoms with Gasteiger partial charge >= 0.3 is 12.1 Å². The summed E-state index contributed by atoms with van der Waals surface area (Å²) >= 11 is 0. The molecule has 4 nitrogen and oxygen atoms in total. The fourth-order valence-corrected chi connectivity index (χ4v) is 2.14. The number of carbonyl (C=O) groups excluding carboxylic acids is 1. The van der Waals surface area contributed by atoms with Crippen LogP contribution in [-0.4, -0.2) is 50.6 Å². The highest BCUT2D eigenvalue weighted by atomic mass is 19.4. The summed E-state index contributed by atoms with van der Waals surface area (Å²) in [7, 11) is 0. The van der Waals surface area contributed by atoms with Crippen molar-refractivity contribution in [1.29, 1.82) is 0 Å². The minimum Gasteiger partial charge on any atom is -0.453 e. The Morgan fingerprint density at radius 3 is 2.29 bits per heavy atom. The number of alkyl halides is 5. The molecule has 0 amide bonds. The number of hydrogen-bond acceptors (Lipinski definition) is 4. The van der Waals surface area contributed by atoms with E-state index >= 15 is 0 Å². The van der Waals surface area contributed by atoms with Gasteiger partial charge in [-0.25, -0.2) is 8.78 Å². The minimum atomic E-state index is -4.84. The lowest BCUT2D eigenvalue weighted by Gasteiger charge is -2.26. The van der Waals surface area contributed by atoms with E-state index in [9.17, 15) is 26.7 Å². The van der Waals surface area contributed by atoms with Crippen molar-refractivity contribution in [2.24, 2.45) is 11.8 Å². The molecule has 0 radical (unpaired) electrons. The summed E-state index contributed by atoms with van der Waals surface area (Å²) in [5, 5.41) is 0. The fourth-order valence-electron chi connectivity index (χ4n) is 2.14. The van der Waals surface area contributed by atoms with Crippen molar-refractivity contribution in [2.75, 3.05) is 26.4 Å². The maximum atomic E-state index is 13.4. The van der Waals surface area contributed by atoms with E-state index in [4.69, 9.17) is 9.47 Å². The van der Waals surface area contributed by atoms with Crippen LogP contribution in [0, 0.1) is 11.8 Å². The van der Waals surface area contributed by atoms with E-state index < -0.39 is 36.7 Å². The summed E-state index contributed by atoms with van der Waals surface area (Å²) in [6, 6.07) is 0. The Morgan fingerprint density at radius 2 is 1.79 bits per heavy atom. The van der Waals surface area contributed by atoms with Gasteiger partial charge in [-0.05, 0) is 32.1 Å². The first kappa shape index (κ1) is 21.1. The molecule has 0 bridgehead atoms. The Morgan fingerprint density at radius 1 is 1.21 bits per heavy atom. The van der Waals surface area contributed by atoms with Gasteiger partial charge in [0.05, 0.1) is 6.61 Å². The van der Waals surface area contributed by atoms with E-state index in [0.29, 0.717) is 39.4 Å². The highest BCUT2D eigenvalue weighted by Crippen LogP contribution is 2.29. The second-order valence-electron chi connectivity index (χ2n) is 6.06. The summed E-state index contributed by atoms with van der Waals surface area (Å²) in [5.74, 6) is -7.33. The number of ether oxygens (including phenoxy) is 3. The molecule has 1 aliphatic heterocycles. The van der Waals surface area contributed by atoms with Crippen LogP contribution in [0.3, 0.4) is 0 Å². The molecular weight excluding hydrogens is 339 g/mol. The zero-order chi connectivity index (χ0) is 18.4.